The van der Waals surface area contributed by atoms with Crippen LogP contribution in [0, 0.1) is 0 Å². The molecule has 1 aromatic heterocycles. The van der Waals surface area contributed by atoms with Crippen molar-refractivity contribution in [3.63, 3.8) is 0 Å². The molecule has 0 saturated heterocycles. The summed E-state index contributed by atoms with van der Waals surface area (Å²) in [5.74, 6) is 1.11. The summed E-state index contributed by atoms with van der Waals surface area (Å²) in [4.78, 5) is 15.7. The Kier molecular flexibility index (Phi) is 5.42. The van der Waals surface area contributed by atoms with Crippen molar-refractivity contribution in [2.45, 2.75) is 6.61 Å². The Bertz CT molecular complexity index is 759. The molecular formula is C18H16N2O3S. The highest BCUT2D eigenvalue weighted by Gasteiger charge is 2.05. The lowest BCUT2D eigenvalue weighted by Gasteiger charge is -2.08. The third kappa shape index (κ3) is 4.82. The third-order valence-electron chi connectivity index (χ3n) is 3.12. The molecule has 0 unspecified atom stereocenters. The van der Waals surface area contributed by atoms with Crippen molar-refractivity contribution in [2.24, 2.45) is 0 Å². The topological polar surface area (TPSA) is 60.5 Å². The van der Waals surface area contributed by atoms with E-state index < -0.39 is 0 Å². The van der Waals surface area contributed by atoms with E-state index in [4.69, 9.17) is 9.47 Å². The Morgan fingerprint density at radius 3 is 2.38 bits per heavy atom. The van der Waals surface area contributed by atoms with Gasteiger partial charge in [-0.05, 0) is 29.8 Å². The van der Waals surface area contributed by atoms with Gasteiger partial charge in [0.05, 0.1) is 0 Å². The van der Waals surface area contributed by atoms with Crippen LogP contribution in [-0.4, -0.2) is 17.5 Å². The third-order valence-corrected chi connectivity index (χ3v) is 3.81. The van der Waals surface area contributed by atoms with Gasteiger partial charge in [0, 0.05) is 11.6 Å². The average Bonchev–Trinajstić information content (AvgIpc) is 3.13. The summed E-state index contributed by atoms with van der Waals surface area (Å²) in [5.41, 5.74) is 1.11. The number of carbonyl (C=O) groups is 1. The van der Waals surface area contributed by atoms with E-state index >= 15 is 0 Å². The van der Waals surface area contributed by atoms with E-state index in [0.717, 1.165) is 11.3 Å². The number of amides is 1. The number of ether oxygens (including phenoxy) is 2. The van der Waals surface area contributed by atoms with Crippen molar-refractivity contribution in [3.05, 3.63) is 71.7 Å². The second-order valence-electron chi connectivity index (χ2n) is 4.92. The van der Waals surface area contributed by atoms with Gasteiger partial charge in [0.1, 0.15) is 18.1 Å². The Labute approximate surface area is 143 Å². The molecule has 0 aliphatic heterocycles. The molecule has 0 radical (unpaired) electrons. The number of benzene rings is 2. The molecule has 0 aliphatic rings. The van der Waals surface area contributed by atoms with Crippen molar-refractivity contribution < 1.29 is 14.3 Å². The van der Waals surface area contributed by atoms with E-state index in [-0.39, 0.29) is 12.5 Å². The smallest absolute Gasteiger partial charge is 0.264 e. The van der Waals surface area contributed by atoms with Crippen LogP contribution in [0.15, 0.2) is 66.2 Å². The van der Waals surface area contributed by atoms with Gasteiger partial charge in [-0.3, -0.25) is 10.1 Å². The van der Waals surface area contributed by atoms with Crippen LogP contribution in [-0.2, 0) is 11.4 Å². The van der Waals surface area contributed by atoms with Crippen LogP contribution in [0.3, 0.4) is 0 Å². The maximum absolute atomic E-state index is 11.7. The zero-order valence-corrected chi connectivity index (χ0v) is 13.7. The van der Waals surface area contributed by atoms with Crippen molar-refractivity contribution in [1.29, 1.82) is 0 Å². The van der Waals surface area contributed by atoms with Crippen LogP contribution in [0.5, 0.6) is 11.5 Å². The average molecular weight is 340 g/mol. The number of hydrogen-bond donors (Lipinski definition) is 1. The number of aromatic nitrogens is 1. The van der Waals surface area contributed by atoms with Crippen molar-refractivity contribution in [3.8, 4) is 11.5 Å². The molecule has 0 atom stereocenters. The highest BCUT2D eigenvalue weighted by molar-refractivity contribution is 7.13. The minimum atomic E-state index is -0.241. The summed E-state index contributed by atoms with van der Waals surface area (Å²) in [5, 5.41) is 5.02. The summed E-state index contributed by atoms with van der Waals surface area (Å²) in [6.07, 6.45) is 1.63. The largest absolute Gasteiger partial charge is 0.489 e. The second-order valence-corrected chi connectivity index (χ2v) is 5.81. The number of anilines is 1. The molecule has 1 N–H and O–H groups in total. The molecule has 122 valence electrons. The summed E-state index contributed by atoms with van der Waals surface area (Å²) in [6, 6.07) is 17.1. The van der Waals surface area contributed by atoms with E-state index in [0.29, 0.717) is 17.5 Å². The Balaban J connectivity index is 1.45. The van der Waals surface area contributed by atoms with E-state index in [1.54, 1.807) is 23.7 Å². The highest BCUT2D eigenvalue weighted by atomic mass is 32.1. The molecule has 24 heavy (non-hydrogen) atoms. The molecule has 2 aromatic carbocycles. The van der Waals surface area contributed by atoms with Crippen molar-refractivity contribution >= 4 is 22.4 Å². The minimum Gasteiger partial charge on any atom is -0.489 e. The summed E-state index contributed by atoms with van der Waals surface area (Å²) >= 11 is 1.36. The fourth-order valence-electron chi connectivity index (χ4n) is 1.96. The first-order chi connectivity index (χ1) is 11.8. The molecular weight excluding hydrogens is 324 g/mol. The fourth-order valence-corrected chi connectivity index (χ4v) is 2.51. The van der Waals surface area contributed by atoms with E-state index in [9.17, 15) is 4.79 Å². The van der Waals surface area contributed by atoms with Crippen LogP contribution >= 0.6 is 11.3 Å². The Morgan fingerprint density at radius 2 is 1.71 bits per heavy atom. The summed E-state index contributed by atoms with van der Waals surface area (Å²) < 4.78 is 11.1. The predicted octanol–water partition coefficient (Wildman–Crippen LogP) is 3.74. The maximum Gasteiger partial charge on any atom is 0.264 e. The lowest BCUT2D eigenvalue weighted by atomic mass is 10.2. The molecule has 1 amide bonds. The molecule has 0 fully saturated rings. The Hall–Kier alpha value is -2.86. The van der Waals surface area contributed by atoms with Crippen LogP contribution in [0.4, 0.5) is 5.13 Å². The quantitative estimate of drug-likeness (QED) is 0.712. The van der Waals surface area contributed by atoms with Gasteiger partial charge < -0.3 is 9.47 Å². The second kappa shape index (κ2) is 8.12. The molecule has 0 saturated carbocycles. The van der Waals surface area contributed by atoms with Crippen LogP contribution < -0.4 is 14.8 Å². The van der Waals surface area contributed by atoms with Gasteiger partial charge in [-0.2, -0.15) is 0 Å². The van der Waals surface area contributed by atoms with Crippen LogP contribution in [0.1, 0.15) is 5.56 Å². The molecule has 0 aliphatic carbocycles. The number of hydrogen-bond acceptors (Lipinski definition) is 5. The molecule has 0 spiro atoms. The van der Waals surface area contributed by atoms with Gasteiger partial charge in [0.25, 0.3) is 5.91 Å². The first-order valence-electron chi connectivity index (χ1n) is 7.38. The van der Waals surface area contributed by atoms with Gasteiger partial charge in [0.15, 0.2) is 11.7 Å². The number of nitrogens with one attached hydrogen (secondary N) is 1. The number of carbonyl (C=O) groups excluding carboxylic acids is 1. The Morgan fingerprint density at radius 1 is 1.00 bits per heavy atom. The SMILES string of the molecule is O=C(COc1ccc(OCc2ccccc2)cc1)Nc1nccs1. The van der Waals surface area contributed by atoms with E-state index in [2.05, 4.69) is 10.3 Å². The normalized spacial score (nSPS) is 10.2. The van der Waals surface area contributed by atoms with Gasteiger partial charge >= 0.3 is 0 Å². The molecule has 5 nitrogen and oxygen atoms in total. The fraction of sp³-hybridized carbons (Fsp3) is 0.111. The van der Waals surface area contributed by atoms with Crippen LogP contribution in [0.2, 0.25) is 0 Å². The van der Waals surface area contributed by atoms with Gasteiger partial charge in [-0.1, -0.05) is 30.3 Å². The van der Waals surface area contributed by atoms with Crippen molar-refractivity contribution in [2.75, 3.05) is 11.9 Å². The van der Waals surface area contributed by atoms with Crippen LogP contribution in [0.25, 0.3) is 0 Å². The summed E-state index contributed by atoms with van der Waals surface area (Å²) in [6.45, 7) is 0.445. The standard InChI is InChI=1S/C18H16N2O3S/c21-17(20-18-19-10-11-24-18)13-23-16-8-6-15(7-9-16)22-12-14-4-2-1-3-5-14/h1-11H,12-13H2,(H,19,20,21). The lowest BCUT2D eigenvalue weighted by Crippen LogP contribution is -2.19. The highest BCUT2D eigenvalue weighted by Crippen LogP contribution is 2.19. The zero-order valence-electron chi connectivity index (χ0n) is 12.8. The molecule has 6 heteroatoms. The molecule has 1 heterocycles. The summed E-state index contributed by atoms with van der Waals surface area (Å²) in [7, 11) is 0. The van der Waals surface area contributed by atoms with Gasteiger partial charge in [-0.15, -0.1) is 11.3 Å². The van der Waals surface area contributed by atoms with E-state index in [1.807, 2.05) is 42.5 Å². The number of thiazole rings is 1. The minimum absolute atomic E-state index is 0.0657. The molecule has 3 aromatic rings. The van der Waals surface area contributed by atoms with E-state index in [1.165, 1.54) is 11.3 Å². The molecule has 3 rings (SSSR count). The first kappa shape index (κ1) is 16.0. The predicted molar refractivity (Wildman–Crippen MR) is 93.5 cm³/mol. The zero-order chi connectivity index (χ0) is 16.6. The number of nitrogens with zero attached hydrogens (tertiary/aromatic N) is 1. The number of rotatable bonds is 7. The lowest BCUT2D eigenvalue weighted by molar-refractivity contribution is -0.118. The first-order valence-corrected chi connectivity index (χ1v) is 8.26. The monoisotopic (exact) mass is 340 g/mol. The maximum atomic E-state index is 11.7. The van der Waals surface area contributed by atoms with Crippen molar-refractivity contribution in [1.82, 2.24) is 4.98 Å². The molecule has 0 bridgehead atoms. The van der Waals surface area contributed by atoms with Gasteiger partial charge in [0.2, 0.25) is 0 Å². The van der Waals surface area contributed by atoms with Gasteiger partial charge in [-0.25, -0.2) is 4.98 Å².